The zero-order valence-corrected chi connectivity index (χ0v) is 13.2. The summed E-state index contributed by atoms with van der Waals surface area (Å²) >= 11 is 0. The van der Waals surface area contributed by atoms with Gasteiger partial charge in [-0.2, -0.15) is 5.10 Å². The van der Waals surface area contributed by atoms with Gasteiger partial charge in [-0.1, -0.05) is 36.4 Å². The summed E-state index contributed by atoms with van der Waals surface area (Å²) in [6.45, 7) is -0.554. The highest BCUT2D eigenvalue weighted by molar-refractivity contribution is 5.68. The van der Waals surface area contributed by atoms with Crippen molar-refractivity contribution in [1.29, 1.82) is 0 Å². The smallest absolute Gasteiger partial charge is 0.311 e. The van der Waals surface area contributed by atoms with Gasteiger partial charge in [0.1, 0.15) is 19.6 Å². The standard InChI is InChI=1S/C17H15FN4O3/c18-8-9-21-17(19-12-20-21)11-25-16-7-6-14(10-15(16)22(23)24)13-4-2-1-3-5-13/h1-7,10,12H,8-9,11H2. The molecule has 0 saturated heterocycles. The second-order valence-corrected chi connectivity index (χ2v) is 5.18. The number of hydrogen-bond donors (Lipinski definition) is 0. The summed E-state index contributed by atoms with van der Waals surface area (Å²) in [6, 6.07) is 14.1. The van der Waals surface area contributed by atoms with Crippen molar-refractivity contribution in [3.8, 4) is 16.9 Å². The molecule has 0 N–H and O–H groups in total. The quantitative estimate of drug-likeness (QED) is 0.485. The Balaban J connectivity index is 1.83. The van der Waals surface area contributed by atoms with Gasteiger partial charge >= 0.3 is 5.69 Å². The van der Waals surface area contributed by atoms with E-state index < -0.39 is 11.6 Å². The summed E-state index contributed by atoms with van der Waals surface area (Å²) in [5, 5.41) is 15.3. The van der Waals surface area contributed by atoms with Gasteiger partial charge in [-0.15, -0.1) is 0 Å². The van der Waals surface area contributed by atoms with Crippen LogP contribution in [-0.2, 0) is 13.2 Å². The van der Waals surface area contributed by atoms with Gasteiger partial charge in [0.05, 0.1) is 11.5 Å². The first-order chi connectivity index (χ1) is 12.2. The van der Waals surface area contributed by atoms with Crippen molar-refractivity contribution in [3.05, 3.63) is 70.8 Å². The number of benzene rings is 2. The lowest BCUT2D eigenvalue weighted by atomic mass is 10.0. The lowest BCUT2D eigenvalue weighted by Crippen LogP contribution is -2.10. The van der Waals surface area contributed by atoms with E-state index >= 15 is 0 Å². The Morgan fingerprint density at radius 2 is 1.96 bits per heavy atom. The summed E-state index contributed by atoms with van der Waals surface area (Å²) < 4.78 is 19.4. The fraction of sp³-hybridized carbons (Fsp3) is 0.176. The third-order valence-corrected chi connectivity index (χ3v) is 3.61. The zero-order valence-electron chi connectivity index (χ0n) is 13.2. The number of aromatic nitrogens is 3. The molecule has 3 aromatic rings. The van der Waals surface area contributed by atoms with Crippen LogP contribution in [0.2, 0.25) is 0 Å². The molecule has 25 heavy (non-hydrogen) atoms. The first-order valence-corrected chi connectivity index (χ1v) is 7.58. The van der Waals surface area contributed by atoms with E-state index in [4.69, 9.17) is 4.74 Å². The van der Waals surface area contributed by atoms with Crippen LogP contribution in [0.25, 0.3) is 11.1 Å². The maximum absolute atomic E-state index is 12.5. The zero-order chi connectivity index (χ0) is 17.6. The maximum atomic E-state index is 12.5. The number of aryl methyl sites for hydroxylation is 1. The summed E-state index contributed by atoms with van der Waals surface area (Å²) in [5.41, 5.74) is 1.46. The fourth-order valence-electron chi connectivity index (χ4n) is 2.40. The van der Waals surface area contributed by atoms with Crippen LogP contribution >= 0.6 is 0 Å². The van der Waals surface area contributed by atoms with E-state index in [1.807, 2.05) is 30.3 Å². The van der Waals surface area contributed by atoms with Crippen molar-refractivity contribution in [1.82, 2.24) is 14.8 Å². The van der Waals surface area contributed by atoms with Crippen molar-refractivity contribution < 1.29 is 14.1 Å². The molecule has 128 valence electrons. The minimum atomic E-state index is -0.581. The van der Waals surface area contributed by atoms with E-state index in [-0.39, 0.29) is 24.6 Å². The minimum absolute atomic E-state index is 0.0362. The van der Waals surface area contributed by atoms with Crippen LogP contribution in [0.4, 0.5) is 10.1 Å². The molecule has 0 spiro atoms. The average molecular weight is 342 g/mol. The maximum Gasteiger partial charge on any atom is 0.311 e. The average Bonchev–Trinajstić information content (AvgIpc) is 3.08. The van der Waals surface area contributed by atoms with E-state index in [0.29, 0.717) is 5.82 Å². The molecule has 1 aromatic heterocycles. The van der Waals surface area contributed by atoms with Gasteiger partial charge < -0.3 is 4.74 Å². The first-order valence-electron chi connectivity index (χ1n) is 7.58. The summed E-state index contributed by atoms with van der Waals surface area (Å²) in [6.07, 6.45) is 1.29. The Labute approximate surface area is 142 Å². The van der Waals surface area contributed by atoms with Gasteiger partial charge in [-0.25, -0.2) is 14.1 Å². The van der Waals surface area contributed by atoms with Crippen LogP contribution in [0, 0.1) is 10.1 Å². The van der Waals surface area contributed by atoms with Crippen LogP contribution in [0.15, 0.2) is 54.9 Å². The van der Waals surface area contributed by atoms with E-state index in [1.165, 1.54) is 17.1 Å². The number of rotatable bonds is 7. The molecule has 7 nitrogen and oxygen atoms in total. The van der Waals surface area contributed by atoms with Gasteiger partial charge in [0.15, 0.2) is 11.6 Å². The topological polar surface area (TPSA) is 83.1 Å². The molecule has 3 rings (SSSR count). The van der Waals surface area contributed by atoms with Gasteiger partial charge in [0, 0.05) is 6.07 Å². The molecule has 0 amide bonds. The number of ether oxygens (including phenoxy) is 1. The molecular formula is C17H15FN4O3. The lowest BCUT2D eigenvalue weighted by molar-refractivity contribution is -0.385. The van der Waals surface area contributed by atoms with Crippen molar-refractivity contribution in [2.24, 2.45) is 0 Å². The summed E-state index contributed by atoms with van der Waals surface area (Å²) in [7, 11) is 0. The van der Waals surface area contributed by atoms with Gasteiger partial charge in [0.25, 0.3) is 0 Å². The molecule has 2 aromatic carbocycles. The molecule has 0 unspecified atom stereocenters. The van der Waals surface area contributed by atoms with E-state index in [1.54, 1.807) is 12.1 Å². The molecule has 0 bridgehead atoms. The van der Waals surface area contributed by atoms with Crippen molar-refractivity contribution >= 4 is 5.69 Å². The Hall–Kier alpha value is -3.29. The van der Waals surface area contributed by atoms with Gasteiger partial charge in [0.2, 0.25) is 0 Å². The number of nitro benzene ring substituents is 1. The summed E-state index contributed by atoms with van der Waals surface area (Å²) in [5.74, 6) is 0.526. The lowest BCUT2D eigenvalue weighted by Gasteiger charge is -2.09. The normalized spacial score (nSPS) is 10.6. The number of alkyl halides is 1. The third-order valence-electron chi connectivity index (χ3n) is 3.61. The molecule has 1 heterocycles. The molecule has 0 atom stereocenters. The highest BCUT2D eigenvalue weighted by Crippen LogP contribution is 2.32. The predicted molar refractivity (Wildman–Crippen MR) is 88.9 cm³/mol. The SMILES string of the molecule is O=[N+]([O-])c1cc(-c2ccccc2)ccc1OCc1ncnn1CCF. The highest BCUT2D eigenvalue weighted by Gasteiger charge is 2.17. The Morgan fingerprint density at radius 1 is 1.16 bits per heavy atom. The van der Waals surface area contributed by atoms with Crippen LogP contribution < -0.4 is 4.74 Å². The summed E-state index contributed by atoms with van der Waals surface area (Å²) in [4.78, 5) is 14.9. The monoisotopic (exact) mass is 342 g/mol. The van der Waals surface area contributed by atoms with Crippen LogP contribution in [-0.4, -0.2) is 26.4 Å². The van der Waals surface area contributed by atoms with Crippen molar-refractivity contribution in [2.45, 2.75) is 13.2 Å². The van der Waals surface area contributed by atoms with Gasteiger partial charge in [-0.05, 0) is 17.2 Å². The van der Waals surface area contributed by atoms with Crippen LogP contribution in [0.5, 0.6) is 5.75 Å². The van der Waals surface area contributed by atoms with E-state index in [0.717, 1.165) is 11.1 Å². The van der Waals surface area contributed by atoms with E-state index in [2.05, 4.69) is 10.1 Å². The van der Waals surface area contributed by atoms with Crippen molar-refractivity contribution in [3.63, 3.8) is 0 Å². The Bertz CT molecular complexity index is 867. The molecule has 0 radical (unpaired) electrons. The molecule has 8 heteroatoms. The fourth-order valence-corrected chi connectivity index (χ4v) is 2.40. The second kappa shape index (κ2) is 7.52. The third kappa shape index (κ3) is 3.79. The highest BCUT2D eigenvalue weighted by atomic mass is 19.1. The molecule has 0 aliphatic rings. The van der Waals surface area contributed by atoms with Crippen molar-refractivity contribution in [2.75, 3.05) is 6.67 Å². The molecule has 0 aliphatic carbocycles. The van der Waals surface area contributed by atoms with Gasteiger partial charge in [-0.3, -0.25) is 10.1 Å². The predicted octanol–water partition coefficient (Wildman–Crippen LogP) is 3.40. The minimum Gasteiger partial charge on any atom is -0.479 e. The molecule has 0 fully saturated rings. The van der Waals surface area contributed by atoms with Crippen LogP contribution in [0.3, 0.4) is 0 Å². The molecular weight excluding hydrogens is 327 g/mol. The molecule has 0 saturated carbocycles. The number of halogens is 1. The molecule has 0 aliphatic heterocycles. The Kier molecular flexibility index (Phi) is 4.98. The largest absolute Gasteiger partial charge is 0.479 e. The van der Waals surface area contributed by atoms with E-state index in [9.17, 15) is 14.5 Å². The van der Waals surface area contributed by atoms with Crippen LogP contribution in [0.1, 0.15) is 5.82 Å². The number of nitro groups is 1. The number of nitrogens with zero attached hydrogens (tertiary/aromatic N) is 4. The second-order valence-electron chi connectivity index (χ2n) is 5.18. The first kappa shape index (κ1) is 16.6. The number of hydrogen-bond acceptors (Lipinski definition) is 5. The Morgan fingerprint density at radius 3 is 2.68 bits per heavy atom.